The van der Waals surface area contributed by atoms with Crippen LogP contribution in [0.2, 0.25) is 0 Å². The number of hydrogen-bond acceptors (Lipinski definition) is 3. The minimum Gasteiger partial charge on any atom is -0.420 e. The lowest BCUT2D eigenvalue weighted by molar-refractivity contribution is 0.0726. The third kappa shape index (κ3) is 4.89. The largest absolute Gasteiger partial charge is 0.420 e. The number of benzene rings is 3. The zero-order chi connectivity index (χ0) is 24.5. The van der Waals surface area contributed by atoms with Crippen molar-refractivity contribution in [1.82, 2.24) is 0 Å². The molecule has 1 saturated heterocycles. The van der Waals surface area contributed by atoms with E-state index in [0.29, 0.717) is 34.8 Å². The summed E-state index contributed by atoms with van der Waals surface area (Å²) in [6.45, 7) is 4.34. The molecule has 0 bridgehead atoms. The first-order valence-electron chi connectivity index (χ1n) is 11.8. The van der Waals surface area contributed by atoms with E-state index in [1.165, 1.54) is 30.3 Å². The predicted octanol–water partition coefficient (Wildman–Crippen LogP) is 7.52. The predicted molar refractivity (Wildman–Crippen MR) is 127 cm³/mol. The van der Waals surface area contributed by atoms with Crippen LogP contribution in [0.5, 0.6) is 5.75 Å². The van der Waals surface area contributed by atoms with Crippen molar-refractivity contribution in [3.05, 3.63) is 101 Å². The van der Waals surface area contributed by atoms with Gasteiger partial charge in [0.25, 0.3) is 0 Å². The number of rotatable bonds is 6. The van der Waals surface area contributed by atoms with Crippen molar-refractivity contribution in [3.8, 4) is 16.9 Å². The molecule has 0 aromatic heterocycles. The van der Waals surface area contributed by atoms with Gasteiger partial charge in [0.2, 0.25) is 5.82 Å². The van der Waals surface area contributed by atoms with Gasteiger partial charge in [-0.05, 0) is 78.5 Å². The Kier molecular flexibility index (Phi) is 6.48. The van der Waals surface area contributed by atoms with Gasteiger partial charge in [0.05, 0.1) is 12.2 Å². The van der Waals surface area contributed by atoms with Crippen molar-refractivity contribution in [2.24, 2.45) is 5.92 Å². The van der Waals surface area contributed by atoms with Crippen molar-refractivity contribution < 1.29 is 27.4 Å². The highest BCUT2D eigenvalue weighted by Gasteiger charge is 2.28. The van der Waals surface area contributed by atoms with Crippen molar-refractivity contribution in [3.63, 3.8) is 0 Å². The molecule has 0 amide bonds. The lowest BCUT2D eigenvalue weighted by atomic mass is 9.78. The molecule has 2 aliphatic rings. The Balaban J connectivity index is 1.27. The highest BCUT2D eigenvalue weighted by atomic mass is 19.2. The second-order valence-electron chi connectivity index (χ2n) is 9.15. The van der Waals surface area contributed by atoms with Crippen LogP contribution in [-0.2, 0) is 4.74 Å². The Morgan fingerprint density at radius 3 is 2.17 bits per heavy atom. The number of allylic oxidation sites excluding steroid dienone is 1. The smallest absolute Gasteiger partial charge is 0.343 e. The number of halogens is 3. The van der Waals surface area contributed by atoms with Crippen LogP contribution >= 0.6 is 0 Å². The second kappa shape index (κ2) is 9.70. The summed E-state index contributed by atoms with van der Waals surface area (Å²) < 4.78 is 54.1. The molecule has 1 aliphatic heterocycles. The van der Waals surface area contributed by atoms with Crippen LogP contribution in [0, 0.1) is 23.4 Å². The first-order chi connectivity index (χ1) is 16.9. The zero-order valence-corrected chi connectivity index (χ0v) is 19.1. The summed E-state index contributed by atoms with van der Waals surface area (Å²) in [4.78, 5) is 12.6. The van der Waals surface area contributed by atoms with Crippen LogP contribution in [0.3, 0.4) is 0 Å². The van der Waals surface area contributed by atoms with E-state index in [0.717, 1.165) is 25.7 Å². The lowest BCUT2D eigenvalue weighted by Gasteiger charge is -2.27. The number of carbonyl (C=O) groups is 1. The molecule has 1 heterocycles. The second-order valence-corrected chi connectivity index (χ2v) is 9.15. The fourth-order valence-corrected chi connectivity index (χ4v) is 4.76. The topological polar surface area (TPSA) is 38.8 Å². The highest BCUT2D eigenvalue weighted by molar-refractivity contribution is 5.91. The number of carbonyl (C=O) groups excluding carboxylic acids is 1. The van der Waals surface area contributed by atoms with Crippen LogP contribution in [0.25, 0.3) is 11.1 Å². The van der Waals surface area contributed by atoms with Gasteiger partial charge in [0, 0.05) is 5.56 Å². The molecule has 3 aromatic carbocycles. The molecule has 35 heavy (non-hydrogen) atoms. The molecule has 1 unspecified atom stereocenters. The first-order valence-corrected chi connectivity index (χ1v) is 11.8. The van der Waals surface area contributed by atoms with E-state index in [1.54, 1.807) is 24.3 Å². The fourth-order valence-electron chi connectivity index (χ4n) is 4.76. The molecule has 1 atom stereocenters. The lowest BCUT2D eigenvalue weighted by Crippen LogP contribution is -2.14. The molecule has 0 N–H and O–H groups in total. The summed E-state index contributed by atoms with van der Waals surface area (Å²) in [5.74, 6) is -3.36. The van der Waals surface area contributed by atoms with Crippen LogP contribution in [-0.4, -0.2) is 12.6 Å². The Hall–Kier alpha value is -3.38. The van der Waals surface area contributed by atoms with E-state index >= 15 is 0 Å². The van der Waals surface area contributed by atoms with Gasteiger partial charge in [-0.2, -0.15) is 4.39 Å². The van der Waals surface area contributed by atoms with Crippen molar-refractivity contribution in [2.75, 3.05) is 6.61 Å². The third-order valence-electron chi connectivity index (χ3n) is 6.96. The molecule has 3 aromatic rings. The molecule has 1 aliphatic carbocycles. The molecule has 180 valence electrons. The normalized spacial score (nSPS) is 21.4. The maximum atomic E-state index is 14.8. The molecular formula is C29H25F3O3. The fraction of sp³-hybridized carbons (Fsp3) is 0.276. The summed E-state index contributed by atoms with van der Waals surface area (Å²) in [5, 5.41) is 0. The molecule has 0 spiro atoms. The maximum absolute atomic E-state index is 14.8. The van der Waals surface area contributed by atoms with Crippen LogP contribution in [0.4, 0.5) is 13.2 Å². The number of hydrogen-bond donors (Lipinski definition) is 0. The molecule has 2 fully saturated rings. The average Bonchev–Trinajstić information content (AvgIpc) is 3.72. The van der Waals surface area contributed by atoms with E-state index in [4.69, 9.17) is 9.47 Å². The highest BCUT2D eigenvalue weighted by Crippen LogP contribution is 2.39. The number of ether oxygens (including phenoxy) is 2. The minimum absolute atomic E-state index is 0.0614. The van der Waals surface area contributed by atoms with E-state index < -0.39 is 23.4 Å². The Labute approximate surface area is 202 Å². The van der Waals surface area contributed by atoms with Crippen LogP contribution < -0.4 is 4.74 Å². The molecule has 3 nitrogen and oxygen atoms in total. The van der Waals surface area contributed by atoms with Crippen molar-refractivity contribution in [1.29, 1.82) is 0 Å². The van der Waals surface area contributed by atoms with Crippen LogP contribution in [0.1, 0.15) is 59.2 Å². The Morgan fingerprint density at radius 1 is 0.886 bits per heavy atom. The van der Waals surface area contributed by atoms with Gasteiger partial charge in [-0.1, -0.05) is 36.4 Å². The monoisotopic (exact) mass is 478 g/mol. The van der Waals surface area contributed by atoms with Crippen LogP contribution in [0.15, 0.2) is 67.3 Å². The molecule has 5 rings (SSSR count). The quantitative estimate of drug-likeness (QED) is 0.159. The standard InChI is InChI=1S/C29H25F3O3/c1-2-17-3-5-19(6-4-17)22-13-14-25(28(32)27(22)31)35-29(33)20-9-7-18(8-10-20)21-11-12-23(24(30)15-21)26-16-34-26/h2,7-15,17,19,26H,1,3-6,16H2. The van der Waals surface area contributed by atoms with E-state index in [2.05, 4.69) is 6.58 Å². The number of epoxide rings is 1. The molecular weight excluding hydrogens is 453 g/mol. The molecule has 6 heteroatoms. The minimum atomic E-state index is -1.16. The first kappa shape index (κ1) is 23.4. The number of esters is 1. The van der Waals surface area contributed by atoms with E-state index in [1.807, 2.05) is 6.08 Å². The summed E-state index contributed by atoms with van der Waals surface area (Å²) >= 11 is 0. The Morgan fingerprint density at radius 2 is 1.54 bits per heavy atom. The van der Waals surface area contributed by atoms with Crippen molar-refractivity contribution in [2.45, 2.75) is 37.7 Å². The molecule has 0 radical (unpaired) electrons. The van der Waals surface area contributed by atoms with Gasteiger partial charge in [0.1, 0.15) is 11.9 Å². The summed E-state index contributed by atoms with van der Waals surface area (Å²) in [5.41, 5.74) is 2.37. The van der Waals surface area contributed by atoms with Gasteiger partial charge in [-0.15, -0.1) is 6.58 Å². The third-order valence-corrected chi connectivity index (χ3v) is 6.96. The van der Waals surface area contributed by atoms with Gasteiger partial charge in [-0.3, -0.25) is 0 Å². The summed E-state index contributed by atoms with van der Waals surface area (Å²) in [6.07, 6.45) is 5.06. The van der Waals surface area contributed by atoms with E-state index in [-0.39, 0.29) is 23.4 Å². The maximum Gasteiger partial charge on any atom is 0.343 e. The van der Waals surface area contributed by atoms with E-state index in [9.17, 15) is 18.0 Å². The molecule has 1 saturated carbocycles. The zero-order valence-electron chi connectivity index (χ0n) is 19.1. The van der Waals surface area contributed by atoms with Gasteiger partial charge in [0.15, 0.2) is 11.6 Å². The van der Waals surface area contributed by atoms with Crippen molar-refractivity contribution >= 4 is 5.97 Å². The SMILES string of the molecule is C=CC1CCC(c2ccc(OC(=O)c3ccc(-c4ccc(C5CO5)c(F)c4)cc3)c(F)c2F)CC1. The summed E-state index contributed by atoms with van der Waals surface area (Å²) in [6, 6.07) is 14.0. The summed E-state index contributed by atoms with van der Waals surface area (Å²) in [7, 11) is 0. The van der Waals surface area contributed by atoms with Gasteiger partial charge in [-0.25, -0.2) is 13.6 Å². The van der Waals surface area contributed by atoms with Gasteiger partial charge >= 0.3 is 5.97 Å². The van der Waals surface area contributed by atoms with Gasteiger partial charge < -0.3 is 9.47 Å². The average molecular weight is 479 g/mol. The Bertz CT molecular complexity index is 1260.